The Bertz CT molecular complexity index is 667. The Morgan fingerprint density at radius 2 is 1.95 bits per heavy atom. The fourth-order valence-electron chi connectivity index (χ4n) is 2.19. The Kier molecular flexibility index (Phi) is 2.68. The molecule has 1 aliphatic rings. The number of benzene rings is 1. The zero-order chi connectivity index (χ0) is 13.4. The molecular weight excluding hydrogens is 241 g/mol. The molecule has 4 heteroatoms. The third kappa shape index (κ3) is 2.15. The van der Waals surface area contributed by atoms with Gasteiger partial charge in [0.05, 0.1) is 11.3 Å². The third-order valence-electron chi connectivity index (χ3n) is 3.35. The van der Waals surface area contributed by atoms with Gasteiger partial charge in [-0.3, -0.25) is 0 Å². The number of nitriles is 1. The molecule has 1 saturated carbocycles. The number of pyridine rings is 1. The SMILES string of the molecule is N#Cc1c(C2CC2)cc(-c2ccc(F)cc2)nc1N. The van der Waals surface area contributed by atoms with Crippen molar-refractivity contribution in [2.75, 3.05) is 5.73 Å². The lowest BCUT2D eigenvalue weighted by atomic mass is 10.0. The lowest BCUT2D eigenvalue weighted by molar-refractivity contribution is 0.628. The van der Waals surface area contributed by atoms with Crippen molar-refractivity contribution in [2.24, 2.45) is 0 Å². The van der Waals surface area contributed by atoms with Gasteiger partial charge in [0.25, 0.3) is 0 Å². The van der Waals surface area contributed by atoms with E-state index < -0.39 is 0 Å². The molecule has 0 aliphatic heterocycles. The van der Waals surface area contributed by atoms with Crippen LogP contribution in [0.1, 0.15) is 29.9 Å². The van der Waals surface area contributed by atoms with Crippen LogP contribution in [0.15, 0.2) is 30.3 Å². The van der Waals surface area contributed by atoms with Gasteiger partial charge in [-0.25, -0.2) is 9.37 Å². The molecule has 1 aromatic carbocycles. The quantitative estimate of drug-likeness (QED) is 0.893. The Labute approximate surface area is 110 Å². The topological polar surface area (TPSA) is 62.7 Å². The van der Waals surface area contributed by atoms with Crippen LogP contribution in [0.5, 0.6) is 0 Å². The number of aromatic nitrogens is 1. The maximum atomic E-state index is 12.9. The summed E-state index contributed by atoms with van der Waals surface area (Å²) in [6, 6.07) is 10.1. The minimum Gasteiger partial charge on any atom is -0.383 e. The molecule has 19 heavy (non-hydrogen) atoms. The van der Waals surface area contributed by atoms with Crippen LogP contribution < -0.4 is 5.73 Å². The van der Waals surface area contributed by atoms with E-state index in [2.05, 4.69) is 11.1 Å². The first-order valence-electron chi connectivity index (χ1n) is 6.15. The van der Waals surface area contributed by atoms with Gasteiger partial charge in [0.15, 0.2) is 0 Å². The number of hydrogen-bond acceptors (Lipinski definition) is 3. The largest absolute Gasteiger partial charge is 0.383 e. The average molecular weight is 253 g/mol. The highest BCUT2D eigenvalue weighted by atomic mass is 19.1. The Morgan fingerprint density at radius 1 is 1.26 bits per heavy atom. The van der Waals surface area contributed by atoms with Gasteiger partial charge < -0.3 is 5.73 Å². The second-order valence-corrected chi connectivity index (χ2v) is 4.75. The second-order valence-electron chi connectivity index (χ2n) is 4.75. The molecule has 2 aromatic rings. The van der Waals surface area contributed by atoms with Crippen LogP contribution in [-0.2, 0) is 0 Å². The van der Waals surface area contributed by atoms with Crippen molar-refractivity contribution >= 4 is 5.82 Å². The standard InChI is InChI=1S/C15H12FN3/c16-11-5-3-10(4-6-11)14-7-12(9-1-2-9)13(8-17)15(18)19-14/h3-7,9H,1-2H2,(H2,18,19). The molecule has 3 nitrogen and oxygen atoms in total. The molecule has 3 rings (SSSR count). The van der Waals surface area contributed by atoms with Gasteiger partial charge in [0.2, 0.25) is 0 Å². The fourth-order valence-corrected chi connectivity index (χ4v) is 2.19. The molecule has 2 N–H and O–H groups in total. The van der Waals surface area contributed by atoms with Crippen molar-refractivity contribution in [2.45, 2.75) is 18.8 Å². The monoisotopic (exact) mass is 253 g/mol. The Balaban J connectivity index is 2.12. The normalized spacial score (nSPS) is 14.1. The van der Waals surface area contributed by atoms with Crippen LogP contribution in [0.4, 0.5) is 10.2 Å². The van der Waals surface area contributed by atoms with Crippen LogP contribution in [0, 0.1) is 17.1 Å². The van der Waals surface area contributed by atoms with Crippen molar-refractivity contribution in [3.63, 3.8) is 0 Å². The Hall–Kier alpha value is -2.41. The molecule has 0 radical (unpaired) electrons. The van der Waals surface area contributed by atoms with Crippen LogP contribution >= 0.6 is 0 Å². The van der Waals surface area contributed by atoms with Crippen LogP contribution in [0.2, 0.25) is 0 Å². The molecule has 1 aliphatic carbocycles. The number of nitrogens with two attached hydrogens (primary N) is 1. The summed E-state index contributed by atoms with van der Waals surface area (Å²) in [5.74, 6) is 0.387. The summed E-state index contributed by atoms with van der Waals surface area (Å²) >= 11 is 0. The fraction of sp³-hybridized carbons (Fsp3) is 0.200. The molecule has 94 valence electrons. The van der Waals surface area contributed by atoms with Gasteiger partial charge in [0, 0.05) is 5.56 Å². The highest BCUT2D eigenvalue weighted by molar-refractivity contribution is 5.67. The van der Waals surface area contributed by atoms with Crippen molar-refractivity contribution in [1.82, 2.24) is 4.98 Å². The van der Waals surface area contributed by atoms with Crippen molar-refractivity contribution in [3.8, 4) is 17.3 Å². The second kappa shape index (κ2) is 4.36. The first kappa shape index (κ1) is 11.7. The minimum atomic E-state index is -0.284. The first-order valence-corrected chi connectivity index (χ1v) is 6.15. The van der Waals surface area contributed by atoms with E-state index >= 15 is 0 Å². The van der Waals surface area contributed by atoms with Gasteiger partial charge >= 0.3 is 0 Å². The molecule has 0 saturated heterocycles. The third-order valence-corrected chi connectivity index (χ3v) is 3.35. The average Bonchev–Trinajstić information content (AvgIpc) is 3.23. The predicted octanol–water partition coefficient (Wildman–Crippen LogP) is 3.22. The molecule has 1 fully saturated rings. The maximum Gasteiger partial charge on any atom is 0.142 e. The van der Waals surface area contributed by atoms with E-state index in [1.807, 2.05) is 6.07 Å². The van der Waals surface area contributed by atoms with Gasteiger partial charge in [-0.1, -0.05) is 0 Å². The highest BCUT2D eigenvalue weighted by Crippen LogP contribution is 2.43. The lowest BCUT2D eigenvalue weighted by Crippen LogP contribution is -2.01. The van der Waals surface area contributed by atoms with Crippen LogP contribution in [-0.4, -0.2) is 4.98 Å². The van der Waals surface area contributed by atoms with E-state index in [0.717, 1.165) is 24.0 Å². The number of nitrogens with zero attached hydrogens (tertiary/aromatic N) is 2. The molecule has 1 aromatic heterocycles. The minimum absolute atomic E-state index is 0.256. The van der Waals surface area contributed by atoms with Crippen LogP contribution in [0.25, 0.3) is 11.3 Å². The van der Waals surface area contributed by atoms with E-state index in [-0.39, 0.29) is 11.6 Å². The zero-order valence-corrected chi connectivity index (χ0v) is 10.2. The smallest absolute Gasteiger partial charge is 0.142 e. The predicted molar refractivity (Wildman–Crippen MR) is 70.7 cm³/mol. The summed E-state index contributed by atoms with van der Waals surface area (Å²) in [6.07, 6.45) is 2.17. The van der Waals surface area contributed by atoms with Crippen molar-refractivity contribution < 1.29 is 4.39 Å². The van der Waals surface area contributed by atoms with Gasteiger partial charge in [-0.15, -0.1) is 0 Å². The molecule has 1 heterocycles. The van der Waals surface area contributed by atoms with Crippen molar-refractivity contribution in [1.29, 1.82) is 5.26 Å². The van der Waals surface area contributed by atoms with Gasteiger partial charge in [-0.2, -0.15) is 5.26 Å². The van der Waals surface area contributed by atoms with E-state index in [9.17, 15) is 4.39 Å². The zero-order valence-electron chi connectivity index (χ0n) is 10.2. The molecule has 0 bridgehead atoms. The number of halogens is 1. The maximum absolute atomic E-state index is 12.9. The molecule has 0 atom stereocenters. The molecular formula is C15H12FN3. The summed E-state index contributed by atoms with van der Waals surface area (Å²) in [6.45, 7) is 0. The van der Waals surface area contributed by atoms with E-state index in [4.69, 9.17) is 11.0 Å². The molecule has 0 spiro atoms. The summed E-state index contributed by atoms with van der Waals surface area (Å²) in [4.78, 5) is 4.25. The van der Waals surface area contributed by atoms with Crippen LogP contribution in [0.3, 0.4) is 0 Å². The van der Waals surface area contributed by atoms with Gasteiger partial charge in [-0.05, 0) is 54.7 Å². The number of anilines is 1. The van der Waals surface area contributed by atoms with E-state index in [1.165, 1.54) is 12.1 Å². The lowest BCUT2D eigenvalue weighted by Gasteiger charge is -2.09. The first-order chi connectivity index (χ1) is 9.19. The van der Waals surface area contributed by atoms with E-state index in [0.29, 0.717) is 17.2 Å². The van der Waals surface area contributed by atoms with Crippen molar-refractivity contribution in [3.05, 3.63) is 47.3 Å². The number of rotatable bonds is 2. The van der Waals surface area contributed by atoms with E-state index in [1.54, 1.807) is 12.1 Å². The number of hydrogen-bond donors (Lipinski definition) is 1. The highest BCUT2D eigenvalue weighted by Gasteiger charge is 2.28. The molecule has 0 amide bonds. The summed E-state index contributed by atoms with van der Waals surface area (Å²) in [5.41, 5.74) is 8.80. The summed E-state index contributed by atoms with van der Waals surface area (Å²) in [5, 5.41) is 9.15. The summed E-state index contributed by atoms with van der Waals surface area (Å²) < 4.78 is 12.9. The number of nitrogen functional groups attached to an aromatic ring is 1. The van der Waals surface area contributed by atoms with Gasteiger partial charge in [0.1, 0.15) is 17.7 Å². The summed E-state index contributed by atoms with van der Waals surface area (Å²) in [7, 11) is 0. The molecule has 0 unspecified atom stereocenters. The Morgan fingerprint density at radius 3 is 2.53 bits per heavy atom.